The molecule has 2 rings (SSSR count). The average molecular weight is 243 g/mol. The van der Waals surface area contributed by atoms with Gasteiger partial charge in [-0.3, -0.25) is 4.68 Å². The lowest BCUT2D eigenvalue weighted by molar-refractivity contribution is 0.756. The summed E-state index contributed by atoms with van der Waals surface area (Å²) in [5.41, 5.74) is 7.55. The van der Waals surface area contributed by atoms with Crippen molar-refractivity contribution in [3.8, 4) is 0 Å². The van der Waals surface area contributed by atoms with Crippen molar-refractivity contribution in [1.29, 1.82) is 0 Å². The van der Waals surface area contributed by atoms with Crippen LogP contribution in [0.15, 0.2) is 18.3 Å². The Hall–Kier alpha value is -1.77. The minimum Gasteiger partial charge on any atom is -0.378 e. The topological polar surface area (TPSA) is 29.9 Å². The van der Waals surface area contributed by atoms with E-state index in [0.29, 0.717) is 0 Å². The molecule has 0 aliphatic heterocycles. The van der Waals surface area contributed by atoms with Crippen LogP contribution >= 0.6 is 0 Å². The zero-order valence-electron chi connectivity index (χ0n) is 11.8. The van der Waals surface area contributed by atoms with E-state index in [0.717, 1.165) is 17.9 Å². The van der Waals surface area contributed by atoms with E-state index in [1.54, 1.807) is 0 Å². The molecule has 1 N–H and O–H groups in total. The standard InChI is InChI=1S/C15H21N3/c1-10-6-11(2)14(12(3)7-10)8-16-15-9-18(5)17-13(15)4/h6-7,9,16H,8H2,1-5H3. The fourth-order valence-corrected chi connectivity index (χ4v) is 2.45. The summed E-state index contributed by atoms with van der Waals surface area (Å²) in [6.45, 7) is 9.37. The molecule has 0 saturated heterocycles. The van der Waals surface area contributed by atoms with Crippen molar-refractivity contribution in [2.75, 3.05) is 5.32 Å². The highest BCUT2D eigenvalue weighted by atomic mass is 15.3. The van der Waals surface area contributed by atoms with E-state index in [1.807, 2.05) is 24.9 Å². The van der Waals surface area contributed by atoms with Gasteiger partial charge in [0.25, 0.3) is 0 Å². The third-order valence-corrected chi connectivity index (χ3v) is 3.31. The summed E-state index contributed by atoms with van der Waals surface area (Å²) in [4.78, 5) is 0. The minimum atomic E-state index is 0.852. The van der Waals surface area contributed by atoms with E-state index in [9.17, 15) is 0 Å². The van der Waals surface area contributed by atoms with E-state index in [4.69, 9.17) is 0 Å². The molecule has 3 nitrogen and oxygen atoms in total. The van der Waals surface area contributed by atoms with Crippen LogP contribution in [0.2, 0.25) is 0 Å². The van der Waals surface area contributed by atoms with Crippen molar-refractivity contribution in [1.82, 2.24) is 9.78 Å². The number of hydrogen-bond acceptors (Lipinski definition) is 2. The van der Waals surface area contributed by atoms with Gasteiger partial charge < -0.3 is 5.32 Å². The van der Waals surface area contributed by atoms with E-state index in [-0.39, 0.29) is 0 Å². The van der Waals surface area contributed by atoms with Crippen LogP contribution in [0.3, 0.4) is 0 Å². The molecule has 0 spiro atoms. The minimum absolute atomic E-state index is 0.852. The molecular weight excluding hydrogens is 222 g/mol. The lowest BCUT2D eigenvalue weighted by Gasteiger charge is -2.12. The summed E-state index contributed by atoms with van der Waals surface area (Å²) in [7, 11) is 1.94. The molecule has 18 heavy (non-hydrogen) atoms. The number of nitrogens with zero attached hydrogens (tertiary/aromatic N) is 2. The molecule has 96 valence electrons. The van der Waals surface area contributed by atoms with Gasteiger partial charge in [0, 0.05) is 19.8 Å². The molecule has 3 heteroatoms. The van der Waals surface area contributed by atoms with Gasteiger partial charge in [-0.2, -0.15) is 5.10 Å². The SMILES string of the molecule is Cc1cc(C)c(CNc2cn(C)nc2C)c(C)c1. The predicted molar refractivity (Wildman–Crippen MR) is 75.9 cm³/mol. The average Bonchev–Trinajstić information content (AvgIpc) is 2.55. The van der Waals surface area contributed by atoms with Crippen LogP contribution in [-0.2, 0) is 13.6 Å². The number of hydrogen-bond donors (Lipinski definition) is 1. The molecule has 0 radical (unpaired) electrons. The van der Waals surface area contributed by atoms with Crippen LogP contribution < -0.4 is 5.32 Å². The monoisotopic (exact) mass is 243 g/mol. The second kappa shape index (κ2) is 4.84. The first-order valence-corrected chi connectivity index (χ1v) is 6.28. The zero-order chi connectivity index (χ0) is 13.3. The number of benzene rings is 1. The normalized spacial score (nSPS) is 10.7. The second-order valence-electron chi connectivity index (χ2n) is 5.03. The van der Waals surface area contributed by atoms with Gasteiger partial charge in [-0.1, -0.05) is 17.7 Å². The highest BCUT2D eigenvalue weighted by molar-refractivity contribution is 5.48. The quantitative estimate of drug-likeness (QED) is 0.896. The van der Waals surface area contributed by atoms with E-state index >= 15 is 0 Å². The molecule has 1 aromatic heterocycles. The highest BCUT2D eigenvalue weighted by Gasteiger charge is 2.06. The first-order valence-electron chi connectivity index (χ1n) is 6.28. The Labute approximate surface area is 109 Å². The summed E-state index contributed by atoms with van der Waals surface area (Å²) in [5, 5.41) is 7.80. The molecule has 1 aromatic carbocycles. The zero-order valence-corrected chi connectivity index (χ0v) is 11.8. The Morgan fingerprint density at radius 2 is 1.72 bits per heavy atom. The van der Waals surface area contributed by atoms with Gasteiger partial charge >= 0.3 is 0 Å². The second-order valence-corrected chi connectivity index (χ2v) is 5.03. The van der Waals surface area contributed by atoms with Gasteiger partial charge in [0.05, 0.1) is 11.4 Å². The summed E-state index contributed by atoms with van der Waals surface area (Å²) in [6.07, 6.45) is 2.02. The molecule has 0 aliphatic rings. The Morgan fingerprint density at radius 3 is 2.22 bits per heavy atom. The number of rotatable bonds is 3. The molecule has 0 amide bonds. The van der Waals surface area contributed by atoms with Gasteiger partial charge in [-0.25, -0.2) is 0 Å². The molecule has 0 fully saturated rings. The molecule has 0 bridgehead atoms. The van der Waals surface area contributed by atoms with Gasteiger partial charge in [0.2, 0.25) is 0 Å². The largest absolute Gasteiger partial charge is 0.378 e. The molecule has 1 heterocycles. The summed E-state index contributed by atoms with van der Waals surface area (Å²) in [6, 6.07) is 4.47. The maximum absolute atomic E-state index is 4.34. The number of nitrogens with one attached hydrogen (secondary N) is 1. The predicted octanol–water partition coefficient (Wildman–Crippen LogP) is 3.27. The number of anilines is 1. The van der Waals surface area contributed by atoms with Crippen molar-refractivity contribution >= 4 is 5.69 Å². The maximum Gasteiger partial charge on any atom is 0.0825 e. The molecule has 0 saturated carbocycles. The van der Waals surface area contributed by atoms with E-state index in [2.05, 4.69) is 43.3 Å². The Kier molecular flexibility index (Phi) is 3.41. The molecular formula is C15H21N3. The third-order valence-electron chi connectivity index (χ3n) is 3.31. The van der Waals surface area contributed by atoms with Crippen molar-refractivity contribution < 1.29 is 0 Å². The van der Waals surface area contributed by atoms with Gasteiger partial charge in [0.15, 0.2) is 0 Å². The first kappa shape index (κ1) is 12.7. The van der Waals surface area contributed by atoms with Gasteiger partial charge in [-0.05, 0) is 44.4 Å². The third kappa shape index (κ3) is 2.55. The Morgan fingerprint density at radius 1 is 1.11 bits per heavy atom. The summed E-state index contributed by atoms with van der Waals surface area (Å²) < 4.78 is 1.84. The van der Waals surface area contributed by atoms with E-state index < -0.39 is 0 Å². The lowest BCUT2D eigenvalue weighted by Crippen LogP contribution is -2.04. The molecule has 2 aromatic rings. The molecule has 0 atom stereocenters. The van der Waals surface area contributed by atoms with Crippen LogP contribution in [-0.4, -0.2) is 9.78 Å². The van der Waals surface area contributed by atoms with Crippen molar-refractivity contribution in [2.24, 2.45) is 7.05 Å². The maximum atomic E-state index is 4.34. The van der Waals surface area contributed by atoms with Crippen LogP contribution in [0.5, 0.6) is 0 Å². The molecule has 0 unspecified atom stereocenters. The Bertz CT molecular complexity index is 544. The van der Waals surface area contributed by atoms with Crippen LogP contribution in [0.25, 0.3) is 0 Å². The van der Waals surface area contributed by atoms with Gasteiger partial charge in [-0.15, -0.1) is 0 Å². The fourth-order valence-electron chi connectivity index (χ4n) is 2.45. The lowest BCUT2D eigenvalue weighted by atomic mass is 10.00. The smallest absolute Gasteiger partial charge is 0.0825 e. The first-order chi connectivity index (χ1) is 8.47. The van der Waals surface area contributed by atoms with Crippen LogP contribution in [0, 0.1) is 27.7 Å². The summed E-state index contributed by atoms with van der Waals surface area (Å²) in [5.74, 6) is 0. The van der Waals surface area contributed by atoms with Crippen LogP contribution in [0.1, 0.15) is 27.9 Å². The Balaban J connectivity index is 2.18. The highest BCUT2D eigenvalue weighted by Crippen LogP contribution is 2.19. The van der Waals surface area contributed by atoms with Crippen LogP contribution in [0.4, 0.5) is 5.69 Å². The number of aryl methyl sites for hydroxylation is 5. The fraction of sp³-hybridized carbons (Fsp3) is 0.400. The van der Waals surface area contributed by atoms with E-state index in [1.165, 1.54) is 22.3 Å². The van der Waals surface area contributed by atoms with Crippen molar-refractivity contribution in [3.05, 3.63) is 46.3 Å². The number of aromatic nitrogens is 2. The van der Waals surface area contributed by atoms with Gasteiger partial charge in [0.1, 0.15) is 0 Å². The van der Waals surface area contributed by atoms with Crippen molar-refractivity contribution in [3.63, 3.8) is 0 Å². The molecule has 0 aliphatic carbocycles. The van der Waals surface area contributed by atoms with Crippen molar-refractivity contribution in [2.45, 2.75) is 34.2 Å². The summed E-state index contributed by atoms with van der Waals surface area (Å²) >= 11 is 0.